The fourth-order valence-electron chi connectivity index (χ4n) is 3.15. The van der Waals surface area contributed by atoms with Gasteiger partial charge in [0, 0.05) is 31.9 Å². The number of aliphatic hydroxyl groups is 2. The molecule has 1 aromatic carbocycles. The monoisotopic (exact) mass is 435 g/mol. The second kappa shape index (κ2) is 14.5. The molecule has 9 nitrogen and oxygen atoms in total. The van der Waals surface area contributed by atoms with E-state index >= 15 is 0 Å². The highest BCUT2D eigenvalue weighted by molar-refractivity contribution is 6.21. The summed E-state index contributed by atoms with van der Waals surface area (Å²) in [6, 6.07) is 7.78. The second-order valence-electron chi connectivity index (χ2n) is 7.03. The molecule has 1 aromatic rings. The Morgan fingerprint density at radius 1 is 0.871 bits per heavy atom. The zero-order valence-electron chi connectivity index (χ0n) is 17.8. The van der Waals surface area contributed by atoms with Crippen LogP contribution in [0.15, 0.2) is 29.8 Å². The van der Waals surface area contributed by atoms with Gasteiger partial charge in [-0.2, -0.15) is 0 Å². The van der Waals surface area contributed by atoms with Crippen molar-refractivity contribution in [2.45, 2.75) is 12.8 Å². The van der Waals surface area contributed by atoms with Crippen LogP contribution in [0.25, 0.3) is 6.08 Å². The van der Waals surface area contributed by atoms with Crippen molar-refractivity contribution in [3.8, 4) is 0 Å². The van der Waals surface area contributed by atoms with E-state index in [4.69, 9.17) is 19.7 Å². The van der Waals surface area contributed by atoms with Gasteiger partial charge in [0.25, 0.3) is 11.8 Å². The van der Waals surface area contributed by atoms with E-state index in [9.17, 15) is 9.59 Å². The van der Waals surface area contributed by atoms with Crippen LogP contribution in [0.4, 0.5) is 5.69 Å². The van der Waals surface area contributed by atoms with Crippen molar-refractivity contribution in [2.75, 3.05) is 70.7 Å². The van der Waals surface area contributed by atoms with Gasteiger partial charge in [0.05, 0.1) is 39.6 Å². The molecular formula is C22H33N3O6. The fraction of sp³-hybridized carbons (Fsp3) is 0.545. The Kier molecular flexibility index (Phi) is 11.6. The maximum atomic E-state index is 12.6. The average Bonchev–Trinajstić information content (AvgIpc) is 3.32. The van der Waals surface area contributed by atoms with Crippen molar-refractivity contribution >= 4 is 23.6 Å². The molecule has 1 saturated heterocycles. The second-order valence-corrected chi connectivity index (χ2v) is 7.03. The van der Waals surface area contributed by atoms with Gasteiger partial charge in [-0.05, 0) is 36.6 Å². The van der Waals surface area contributed by atoms with Crippen molar-refractivity contribution < 1.29 is 29.3 Å². The van der Waals surface area contributed by atoms with Crippen molar-refractivity contribution in [3.05, 3.63) is 35.4 Å². The molecule has 0 aliphatic carbocycles. The van der Waals surface area contributed by atoms with Crippen LogP contribution < -0.4 is 15.5 Å². The number of hydrogen-bond donors (Lipinski definition) is 4. The molecule has 0 bridgehead atoms. The minimum Gasteiger partial charge on any atom is -0.394 e. The molecule has 1 heterocycles. The molecule has 2 rings (SSSR count). The van der Waals surface area contributed by atoms with Crippen molar-refractivity contribution in [3.63, 3.8) is 0 Å². The highest BCUT2D eigenvalue weighted by atomic mass is 16.5. The molecule has 0 atom stereocenters. The zero-order valence-corrected chi connectivity index (χ0v) is 17.8. The summed E-state index contributed by atoms with van der Waals surface area (Å²) >= 11 is 0. The van der Waals surface area contributed by atoms with Gasteiger partial charge in [-0.3, -0.25) is 9.59 Å². The molecule has 9 heteroatoms. The predicted molar refractivity (Wildman–Crippen MR) is 118 cm³/mol. The first kappa shape index (κ1) is 24.8. The SMILES string of the molecule is O=C(NCCOCCO)C(=Cc1ccc(N2CCCC2)cc1)C(=O)NCCOCCO. The van der Waals surface area contributed by atoms with Crippen LogP contribution >= 0.6 is 0 Å². The summed E-state index contributed by atoms with van der Waals surface area (Å²) in [5.74, 6) is -1.02. The third kappa shape index (κ3) is 9.06. The maximum Gasteiger partial charge on any atom is 0.256 e. The topological polar surface area (TPSA) is 120 Å². The van der Waals surface area contributed by atoms with Crippen molar-refractivity contribution in [2.24, 2.45) is 0 Å². The molecule has 1 aliphatic rings. The predicted octanol–water partition coefficient (Wildman–Crippen LogP) is -0.0796. The van der Waals surface area contributed by atoms with E-state index in [1.54, 1.807) is 6.08 Å². The average molecular weight is 436 g/mol. The van der Waals surface area contributed by atoms with E-state index in [1.165, 1.54) is 12.8 Å². The first-order valence-electron chi connectivity index (χ1n) is 10.7. The number of amides is 2. The minimum atomic E-state index is -0.509. The lowest BCUT2D eigenvalue weighted by molar-refractivity contribution is -0.123. The summed E-state index contributed by atoms with van der Waals surface area (Å²) < 4.78 is 10.3. The Hall–Kier alpha value is -2.46. The van der Waals surface area contributed by atoms with Gasteiger partial charge in [0.15, 0.2) is 0 Å². The first-order valence-corrected chi connectivity index (χ1v) is 10.7. The Morgan fingerprint density at radius 2 is 1.39 bits per heavy atom. The summed E-state index contributed by atoms with van der Waals surface area (Å²) in [4.78, 5) is 27.5. The van der Waals surface area contributed by atoms with Crippen LogP contribution in [0.2, 0.25) is 0 Å². The van der Waals surface area contributed by atoms with E-state index in [1.807, 2.05) is 24.3 Å². The number of nitrogens with one attached hydrogen (secondary N) is 2. The van der Waals surface area contributed by atoms with Crippen molar-refractivity contribution in [1.29, 1.82) is 0 Å². The lowest BCUT2D eigenvalue weighted by atomic mass is 10.1. The van der Waals surface area contributed by atoms with Gasteiger partial charge in [-0.25, -0.2) is 0 Å². The van der Waals surface area contributed by atoms with E-state index in [2.05, 4.69) is 15.5 Å². The lowest BCUT2D eigenvalue weighted by Crippen LogP contribution is -2.37. The number of benzene rings is 1. The van der Waals surface area contributed by atoms with Crippen molar-refractivity contribution in [1.82, 2.24) is 10.6 Å². The van der Waals surface area contributed by atoms with Gasteiger partial charge < -0.3 is 35.2 Å². The number of rotatable bonds is 14. The molecule has 0 saturated carbocycles. The van der Waals surface area contributed by atoms with Gasteiger partial charge >= 0.3 is 0 Å². The van der Waals surface area contributed by atoms with Gasteiger partial charge in [-0.15, -0.1) is 0 Å². The molecule has 31 heavy (non-hydrogen) atoms. The van der Waals surface area contributed by atoms with Crippen LogP contribution in [0.3, 0.4) is 0 Å². The molecule has 172 valence electrons. The molecule has 2 amide bonds. The molecule has 0 spiro atoms. The van der Waals surface area contributed by atoms with Gasteiger partial charge in [0.2, 0.25) is 0 Å². The zero-order chi connectivity index (χ0) is 22.3. The highest BCUT2D eigenvalue weighted by Crippen LogP contribution is 2.21. The summed E-state index contributed by atoms with van der Waals surface area (Å²) in [5, 5.41) is 22.8. The van der Waals surface area contributed by atoms with E-state index < -0.39 is 11.8 Å². The number of aliphatic hydroxyl groups excluding tert-OH is 2. The third-order valence-corrected chi connectivity index (χ3v) is 4.70. The summed E-state index contributed by atoms with van der Waals surface area (Å²) in [6.45, 7) is 3.20. The number of nitrogens with zero attached hydrogens (tertiary/aromatic N) is 1. The summed E-state index contributed by atoms with van der Waals surface area (Å²) in [5.41, 5.74) is 1.86. The van der Waals surface area contributed by atoms with Gasteiger partial charge in [-0.1, -0.05) is 12.1 Å². The quantitative estimate of drug-likeness (QED) is 0.140. The molecule has 0 radical (unpaired) electrons. The number of carbonyl (C=O) groups is 2. The fourth-order valence-corrected chi connectivity index (χ4v) is 3.15. The standard InChI is InChI=1S/C22H33N3O6/c26-11-15-30-13-7-23-21(28)20(22(29)24-8-14-31-16-12-27)17-18-3-5-19(6-4-18)25-9-1-2-10-25/h3-6,17,26-27H,1-2,7-16H2,(H,23,28)(H,24,29). The lowest BCUT2D eigenvalue weighted by Gasteiger charge is -2.17. The summed E-state index contributed by atoms with van der Waals surface area (Å²) in [7, 11) is 0. The Labute approximate surface area is 183 Å². The smallest absolute Gasteiger partial charge is 0.256 e. The molecule has 0 unspecified atom stereocenters. The number of carbonyl (C=O) groups excluding carboxylic acids is 2. The van der Waals surface area contributed by atoms with Crippen LogP contribution in [0.5, 0.6) is 0 Å². The molecule has 1 aliphatic heterocycles. The van der Waals surface area contributed by atoms with Crippen LogP contribution in [0, 0.1) is 0 Å². The van der Waals surface area contributed by atoms with Crippen LogP contribution in [-0.4, -0.2) is 87.8 Å². The molecular weight excluding hydrogens is 402 g/mol. The highest BCUT2D eigenvalue weighted by Gasteiger charge is 2.18. The maximum absolute atomic E-state index is 12.6. The van der Waals surface area contributed by atoms with Crippen LogP contribution in [0.1, 0.15) is 18.4 Å². The summed E-state index contributed by atoms with van der Waals surface area (Å²) in [6.07, 6.45) is 3.94. The van der Waals surface area contributed by atoms with Crippen LogP contribution in [-0.2, 0) is 19.1 Å². The molecule has 1 fully saturated rings. The van der Waals surface area contributed by atoms with E-state index in [0.717, 1.165) is 24.3 Å². The van der Waals surface area contributed by atoms with E-state index in [0.29, 0.717) is 0 Å². The number of hydrogen-bond acceptors (Lipinski definition) is 7. The van der Waals surface area contributed by atoms with E-state index in [-0.39, 0.29) is 58.3 Å². The number of anilines is 1. The Morgan fingerprint density at radius 3 is 1.87 bits per heavy atom. The molecule has 0 aromatic heterocycles. The minimum absolute atomic E-state index is 0.0155. The third-order valence-electron chi connectivity index (χ3n) is 4.70. The largest absolute Gasteiger partial charge is 0.394 e. The number of ether oxygens (including phenoxy) is 2. The normalized spacial score (nSPS) is 13.2. The Bertz CT molecular complexity index is 674. The van der Waals surface area contributed by atoms with Gasteiger partial charge in [0.1, 0.15) is 5.57 Å². The first-order chi connectivity index (χ1) is 15.2. The molecule has 4 N–H and O–H groups in total. The Balaban J connectivity index is 2.02.